The number of anilines is 1. The molecule has 150 valence electrons. The Hall–Kier alpha value is -1.95. The van der Waals surface area contributed by atoms with Crippen molar-refractivity contribution in [1.82, 2.24) is 0 Å². The van der Waals surface area contributed by atoms with E-state index in [2.05, 4.69) is 5.32 Å². The maximum Gasteiger partial charge on any atom is 0.227 e. The molecule has 5 nitrogen and oxygen atoms in total. The van der Waals surface area contributed by atoms with E-state index in [-0.39, 0.29) is 25.0 Å². The maximum atomic E-state index is 12.3. The second kappa shape index (κ2) is 10.0. The topological polar surface area (TPSA) is 56.8 Å². The van der Waals surface area contributed by atoms with Crippen molar-refractivity contribution in [3.8, 4) is 11.5 Å². The van der Waals surface area contributed by atoms with Gasteiger partial charge in [-0.15, -0.1) is 0 Å². The Morgan fingerprint density at radius 2 is 2.04 bits per heavy atom. The smallest absolute Gasteiger partial charge is 0.227 e. The summed E-state index contributed by atoms with van der Waals surface area (Å²) in [6.07, 6.45) is 2.37. The molecule has 1 fully saturated rings. The van der Waals surface area contributed by atoms with Gasteiger partial charge in [-0.3, -0.25) is 4.79 Å². The van der Waals surface area contributed by atoms with Gasteiger partial charge in [0.05, 0.1) is 34.9 Å². The summed E-state index contributed by atoms with van der Waals surface area (Å²) in [6, 6.07) is 10.7. The Kier molecular flexibility index (Phi) is 7.43. The Bertz CT molecular complexity index is 822. The standard InChI is InChI=1S/C21H23Cl2NO4/c1-14-4-7-19(20(11-14)28-13-16-3-2-9-26-16)24-21(25)8-10-27-15-5-6-17(22)18(23)12-15/h4-7,11-12,16H,2-3,8-10,13H2,1H3,(H,24,25). The summed E-state index contributed by atoms with van der Waals surface area (Å²) in [5.41, 5.74) is 1.70. The minimum absolute atomic E-state index is 0.115. The van der Waals surface area contributed by atoms with E-state index >= 15 is 0 Å². The van der Waals surface area contributed by atoms with Crippen molar-refractivity contribution >= 4 is 34.8 Å². The first-order chi connectivity index (χ1) is 13.5. The van der Waals surface area contributed by atoms with Gasteiger partial charge in [-0.05, 0) is 49.6 Å². The highest BCUT2D eigenvalue weighted by molar-refractivity contribution is 6.42. The molecule has 7 heteroatoms. The number of halogens is 2. The lowest BCUT2D eigenvalue weighted by atomic mass is 10.2. The highest BCUT2D eigenvalue weighted by Gasteiger charge is 2.17. The quantitative estimate of drug-likeness (QED) is 0.628. The molecule has 1 aliphatic rings. The van der Waals surface area contributed by atoms with Crippen molar-refractivity contribution in [2.45, 2.75) is 32.3 Å². The van der Waals surface area contributed by atoms with Crippen LogP contribution in [0.25, 0.3) is 0 Å². The number of carbonyl (C=O) groups is 1. The number of nitrogens with one attached hydrogen (secondary N) is 1. The van der Waals surface area contributed by atoms with Crippen molar-refractivity contribution in [3.05, 3.63) is 52.0 Å². The van der Waals surface area contributed by atoms with E-state index in [9.17, 15) is 4.79 Å². The summed E-state index contributed by atoms with van der Waals surface area (Å²) in [7, 11) is 0. The van der Waals surface area contributed by atoms with Gasteiger partial charge in [-0.2, -0.15) is 0 Å². The van der Waals surface area contributed by atoms with E-state index in [4.69, 9.17) is 37.4 Å². The Labute approximate surface area is 174 Å². The molecule has 1 atom stereocenters. The van der Waals surface area contributed by atoms with Crippen LogP contribution in [-0.4, -0.2) is 31.8 Å². The molecular weight excluding hydrogens is 401 g/mol. The molecule has 2 aromatic carbocycles. The van der Waals surface area contributed by atoms with Gasteiger partial charge in [0.25, 0.3) is 0 Å². The lowest BCUT2D eigenvalue weighted by Crippen LogP contribution is -2.19. The van der Waals surface area contributed by atoms with Crippen molar-refractivity contribution in [2.24, 2.45) is 0 Å². The summed E-state index contributed by atoms with van der Waals surface area (Å²) in [6.45, 7) is 3.47. The average molecular weight is 424 g/mol. The van der Waals surface area contributed by atoms with Crippen LogP contribution in [0, 0.1) is 6.92 Å². The molecule has 0 radical (unpaired) electrons. The van der Waals surface area contributed by atoms with E-state index in [0.29, 0.717) is 33.8 Å². The zero-order valence-electron chi connectivity index (χ0n) is 15.7. The molecule has 1 amide bonds. The molecule has 1 heterocycles. The molecule has 28 heavy (non-hydrogen) atoms. The van der Waals surface area contributed by atoms with Crippen molar-refractivity contribution in [3.63, 3.8) is 0 Å². The van der Waals surface area contributed by atoms with Gasteiger partial charge < -0.3 is 19.5 Å². The molecule has 3 rings (SSSR count). The lowest BCUT2D eigenvalue weighted by Gasteiger charge is -2.16. The predicted octanol–water partition coefficient (Wildman–Crippen LogP) is 5.27. The lowest BCUT2D eigenvalue weighted by molar-refractivity contribution is -0.116. The summed E-state index contributed by atoms with van der Waals surface area (Å²) in [5.74, 6) is 1.05. The van der Waals surface area contributed by atoms with Crippen LogP contribution in [0.1, 0.15) is 24.8 Å². The largest absolute Gasteiger partial charge is 0.493 e. The van der Waals surface area contributed by atoms with Gasteiger partial charge in [0.1, 0.15) is 18.1 Å². The van der Waals surface area contributed by atoms with Crippen molar-refractivity contribution in [2.75, 3.05) is 25.1 Å². The fourth-order valence-corrected chi connectivity index (χ4v) is 3.14. The SMILES string of the molecule is Cc1ccc(NC(=O)CCOc2ccc(Cl)c(Cl)c2)c(OCC2CCCO2)c1. The van der Waals surface area contributed by atoms with Crippen LogP contribution >= 0.6 is 23.2 Å². The summed E-state index contributed by atoms with van der Waals surface area (Å²) in [5, 5.41) is 3.76. The van der Waals surface area contributed by atoms with Crippen LogP contribution in [0.15, 0.2) is 36.4 Å². The number of aryl methyl sites for hydroxylation is 1. The van der Waals surface area contributed by atoms with Crippen molar-refractivity contribution < 1.29 is 19.0 Å². The first-order valence-electron chi connectivity index (χ1n) is 9.24. The Balaban J connectivity index is 1.51. The van der Waals surface area contributed by atoms with Crippen LogP contribution in [0.2, 0.25) is 10.0 Å². The first-order valence-corrected chi connectivity index (χ1v) is 9.99. The number of amides is 1. The number of ether oxygens (including phenoxy) is 3. The number of hydrogen-bond acceptors (Lipinski definition) is 4. The molecule has 0 spiro atoms. The fourth-order valence-electron chi connectivity index (χ4n) is 2.85. The molecule has 0 aromatic heterocycles. The van der Waals surface area contributed by atoms with Crippen LogP contribution in [0.5, 0.6) is 11.5 Å². The van der Waals surface area contributed by atoms with E-state index in [0.717, 1.165) is 25.0 Å². The molecule has 1 N–H and O–H groups in total. The third-order valence-corrected chi connectivity index (χ3v) is 5.09. The molecule has 2 aromatic rings. The summed E-state index contributed by atoms with van der Waals surface area (Å²) >= 11 is 11.8. The predicted molar refractivity (Wildman–Crippen MR) is 111 cm³/mol. The second-order valence-electron chi connectivity index (χ2n) is 6.67. The minimum atomic E-state index is -0.161. The molecule has 0 aliphatic carbocycles. The normalized spacial score (nSPS) is 16.0. The molecule has 0 saturated carbocycles. The van der Waals surface area contributed by atoms with E-state index in [1.165, 1.54) is 0 Å². The van der Waals surface area contributed by atoms with Gasteiger partial charge in [-0.1, -0.05) is 29.3 Å². The molecule has 1 aliphatic heterocycles. The van der Waals surface area contributed by atoms with Crippen LogP contribution in [0.3, 0.4) is 0 Å². The minimum Gasteiger partial charge on any atom is -0.493 e. The Morgan fingerprint density at radius 3 is 2.79 bits per heavy atom. The summed E-state index contributed by atoms with van der Waals surface area (Å²) in [4.78, 5) is 12.3. The number of benzene rings is 2. The third kappa shape index (κ3) is 6.03. The highest BCUT2D eigenvalue weighted by Crippen LogP contribution is 2.28. The average Bonchev–Trinajstić information content (AvgIpc) is 3.18. The van der Waals surface area contributed by atoms with Crippen LogP contribution in [-0.2, 0) is 9.53 Å². The van der Waals surface area contributed by atoms with Gasteiger partial charge in [0, 0.05) is 12.7 Å². The number of hydrogen-bond donors (Lipinski definition) is 1. The van der Waals surface area contributed by atoms with Gasteiger partial charge >= 0.3 is 0 Å². The van der Waals surface area contributed by atoms with E-state index in [1.54, 1.807) is 18.2 Å². The molecule has 1 unspecified atom stereocenters. The van der Waals surface area contributed by atoms with Gasteiger partial charge in [0.2, 0.25) is 5.91 Å². The van der Waals surface area contributed by atoms with Gasteiger partial charge in [0.15, 0.2) is 0 Å². The second-order valence-corrected chi connectivity index (χ2v) is 7.48. The van der Waals surface area contributed by atoms with Crippen LogP contribution in [0.4, 0.5) is 5.69 Å². The third-order valence-electron chi connectivity index (χ3n) is 4.35. The monoisotopic (exact) mass is 423 g/mol. The molecule has 0 bridgehead atoms. The molecule has 1 saturated heterocycles. The molecular formula is C21H23Cl2NO4. The van der Waals surface area contributed by atoms with Crippen LogP contribution < -0.4 is 14.8 Å². The first kappa shape index (κ1) is 20.8. The van der Waals surface area contributed by atoms with E-state index in [1.807, 2.05) is 25.1 Å². The zero-order valence-corrected chi connectivity index (χ0v) is 17.2. The summed E-state index contributed by atoms with van der Waals surface area (Å²) < 4.78 is 17.1. The Morgan fingerprint density at radius 1 is 1.18 bits per heavy atom. The van der Waals surface area contributed by atoms with E-state index < -0.39 is 0 Å². The van der Waals surface area contributed by atoms with Gasteiger partial charge in [-0.25, -0.2) is 0 Å². The fraction of sp³-hybridized carbons (Fsp3) is 0.381. The maximum absolute atomic E-state index is 12.3. The zero-order chi connectivity index (χ0) is 19.9. The number of carbonyl (C=O) groups excluding carboxylic acids is 1. The highest BCUT2D eigenvalue weighted by atomic mass is 35.5. The van der Waals surface area contributed by atoms with Crippen molar-refractivity contribution in [1.29, 1.82) is 0 Å². The number of rotatable bonds is 8.